The lowest BCUT2D eigenvalue weighted by Gasteiger charge is -2.27. The second kappa shape index (κ2) is 6.68. The number of alkyl halides is 3. The lowest BCUT2D eigenvalue weighted by Crippen LogP contribution is -2.48. The highest BCUT2D eigenvalue weighted by Gasteiger charge is 2.61. The number of pyridine rings is 1. The Bertz CT molecular complexity index is 830. The number of aromatic nitrogens is 1. The molecule has 25 heavy (non-hydrogen) atoms. The van der Waals surface area contributed by atoms with Crippen LogP contribution >= 0.6 is 23.4 Å². The molecule has 4 nitrogen and oxygen atoms in total. The highest BCUT2D eigenvalue weighted by Crippen LogP contribution is 2.44. The van der Waals surface area contributed by atoms with Crippen molar-refractivity contribution in [3.05, 3.63) is 64.9 Å². The van der Waals surface area contributed by atoms with Crippen LogP contribution in [0.1, 0.15) is 15.9 Å². The first-order valence-corrected chi connectivity index (χ1v) is 8.36. The molecule has 130 valence electrons. The second-order valence-corrected chi connectivity index (χ2v) is 6.53. The quantitative estimate of drug-likeness (QED) is 0.736. The molecule has 1 atom stereocenters. The van der Waals surface area contributed by atoms with Gasteiger partial charge in [0.25, 0.3) is 0 Å². The number of benzene rings is 1. The summed E-state index contributed by atoms with van der Waals surface area (Å²) >= 11 is 6.62. The van der Waals surface area contributed by atoms with Gasteiger partial charge in [0.1, 0.15) is 5.04 Å². The Balaban J connectivity index is 1.94. The molecule has 0 amide bonds. The molecule has 0 saturated heterocycles. The highest BCUT2D eigenvalue weighted by atomic mass is 35.5. The molecule has 0 bridgehead atoms. The van der Waals surface area contributed by atoms with Gasteiger partial charge in [-0.3, -0.25) is 4.98 Å². The Morgan fingerprint density at radius 3 is 2.72 bits per heavy atom. The first kappa shape index (κ1) is 17.8. The predicted molar refractivity (Wildman–Crippen MR) is 88.9 cm³/mol. The minimum atomic E-state index is -4.86. The molecule has 0 fully saturated rings. The first-order valence-electron chi connectivity index (χ1n) is 6.99. The number of halogens is 4. The molecular weight excluding hydrogens is 377 g/mol. The summed E-state index contributed by atoms with van der Waals surface area (Å²) in [5, 5.41) is 0.333. The van der Waals surface area contributed by atoms with E-state index in [1.54, 1.807) is 12.1 Å². The maximum absolute atomic E-state index is 13.6. The first-order chi connectivity index (χ1) is 11.8. The molecule has 3 rings (SSSR count). The van der Waals surface area contributed by atoms with E-state index >= 15 is 0 Å². The van der Waals surface area contributed by atoms with Gasteiger partial charge in [0.15, 0.2) is 0 Å². The third kappa shape index (κ3) is 3.64. The summed E-state index contributed by atoms with van der Waals surface area (Å²) < 4.78 is 45.7. The van der Waals surface area contributed by atoms with Gasteiger partial charge >= 0.3 is 17.9 Å². The lowest BCUT2D eigenvalue weighted by molar-refractivity contribution is -0.245. The molecule has 1 aromatic heterocycles. The van der Waals surface area contributed by atoms with Crippen molar-refractivity contribution in [3.8, 4) is 0 Å². The number of hydrogen-bond acceptors (Lipinski definition) is 5. The zero-order valence-corrected chi connectivity index (χ0v) is 14.0. The fourth-order valence-corrected chi connectivity index (χ4v) is 3.42. The maximum atomic E-state index is 13.6. The Hall–Kier alpha value is -2.06. The largest absolute Gasteiger partial charge is 0.451 e. The van der Waals surface area contributed by atoms with Gasteiger partial charge in [-0.1, -0.05) is 29.4 Å². The molecule has 1 aromatic carbocycles. The molecule has 1 unspecified atom stereocenters. The SMILES string of the molecule is O=C(OC1(C(F)(F)F)CSC(c2cccnc2)=N1)c1cccc(Cl)c1. The summed E-state index contributed by atoms with van der Waals surface area (Å²) in [6.07, 6.45) is -1.96. The molecular formula is C16H10ClF3N2O2S. The van der Waals surface area contributed by atoms with Gasteiger partial charge in [-0.05, 0) is 30.3 Å². The summed E-state index contributed by atoms with van der Waals surface area (Å²) in [7, 11) is 0. The Morgan fingerprint density at radius 1 is 1.28 bits per heavy atom. The van der Waals surface area contributed by atoms with Crippen molar-refractivity contribution in [1.82, 2.24) is 4.98 Å². The van der Waals surface area contributed by atoms with Gasteiger partial charge in [0.2, 0.25) is 0 Å². The highest BCUT2D eigenvalue weighted by molar-refractivity contribution is 8.14. The van der Waals surface area contributed by atoms with Crippen LogP contribution in [-0.4, -0.2) is 33.7 Å². The number of nitrogens with zero attached hydrogens (tertiary/aromatic N) is 2. The van der Waals surface area contributed by atoms with Crippen LogP contribution in [0.25, 0.3) is 0 Å². The van der Waals surface area contributed by atoms with Crippen LogP contribution < -0.4 is 0 Å². The number of carbonyl (C=O) groups is 1. The normalized spacial score (nSPS) is 20.2. The molecule has 1 aliphatic rings. The van der Waals surface area contributed by atoms with Gasteiger partial charge in [-0.25, -0.2) is 9.79 Å². The van der Waals surface area contributed by atoms with Gasteiger partial charge in [0.05, 0.1) is 11.3 Å². The number of ether oxygens (including phenoxy) is 1. The standard InChI is InChI=1S/C16H10ClF3N2O2S/c17-12-5-1-3-10(7-12)14(23)24-15(16(18,19)20)9-25-13(22-15)11-4-2-6-21-8-11/h1-8H,9H2. The third-order valence-electron chi connectivity index (χ3n) is 3.36. The van der Waals surface area contributed by atoms with Crippen molar-refractivity contribution in [2.75, 3.05) is 5.75 Å². The van der Waals surface area contributed by atoms with Crippen LogP contribution in [0.4, 0.5) is 13.2 Å². The van der Waals surface area contributed by atoms with Crippen LogP contribution in [0.3, 0.4) is 0 Å². The number of rotatable bonds is 3. The van der Waals surface area contributed by atoms with E-state index in [-0.39, 0.29) is 15.6 Å². The van der Waals surface area contributed by atoms with Crippen molar-refractivity contribution in [1.29, 1.82) is 0 Å². The van der Waals surface area contributed by atoms with Crippen molar-refractivity contribution >= 4 is 34.4 Å². The lowest BCUT2D eigenvalue weighted by atomic mass is 10.2. The Labute approximate surface area is 150 Å². The smallest absolute Gasteiger partial charge is 0.422 e. The van der Waals surface area contributed by atoms with Crippen LogP contribution in [0.5, 0.6) is 0 Å². The molecule has 0 saturated carbocycles. The van der Waals surface area contributed by atoms with E-state index in [4.69, 9.17) is 16.3 Å². The van der Waals surface area contributed by atoms with E-state index in [1.807, 2.05) is 0 Å². The number of thioether (sulfide) groups is 1. The van der Waals surface area contributed by atoms with E-state index in [1.165, 1.54) is 36.7 Å². The molecule has 0 spiro atoms. The number of hydrogen-bond donors (Lipinski definition) is 0. The summed E-state index contributed by atoms with van der Waals surface area (Å²) in [6, 6.07) is 8.69. The zero-order valence-electron chi connectivity index (χ0n) is 12.5. The van der Waals surface area contributed by atoms with Crippen LogP contribution in [0.2, 0.25) is 5.02 Å². The molecule has 2 heterocycles. The molecule has 0 aliphatic carbocycles. The second-order valence-electron chi connectivity index (χ2n) is 5.13. The van der Waals surface area contributed by atoms with E-state index in [0.29, 0.717) is 5.56 Å². The van der Waals surface area contributed by atoms with Gasteiger partial charge in [-0.15, -0.1) is 0 Å². The third-order valence-corrected chi connectivity index (χ3v) is 4.73. The average molecular weight is 387 g/mol. The van der Waals surface area contributed by atoms with Gasteiger partial charge < -0.3 is 4.74 Å². The molecule has 2 aromatic rings. The van der Waals surface area contributed by atoms with Gasteiger partial charge in [0, 0.05) is 23.0 Å². The van der Waals surface area contributed by atoms with Crippen LogP contribution in [0.15, 0.2) is 53.8 Å². The summed E-state index contributed by atoms with van der Waals surface area (Å²) in [5.74, 6) is -1.70. The van der Waals surface area contributed by atoms with Crippen molar-refractivity contribution in [2.45, 2.75) is 11.9 Å². The van der Waals surface area contributed by atoms with Crippen LogP contribution in [0, 0.1) is 0 Å². The molecule has 1 aliphatic heterocycles. The fourth-order valence-electron chi connectivity index (χ4n) is 2.12. The Kier molecular flexibility index (Phi) is 4.75. The maximum Gasteiger partial charge on any atom is 0.451 e. The minimum Gasteiger partial charge on any atom is -0.422 e. The van der Waals surface area contributed by atoms with Crippen LogP contribution in [-0.2, 0) is 4.74 Å². The van der Waals surface area contributed by atoms with Crippen molar-refractivity contribution in [2.24, 2.45) is 4.99 Å². The molecule has 0 radical (unpaired) electrons. The number of carbonyl (C=O) groups excluding carboxylic acids is 1. The van der Waals surface area contributed by atoms with Gasteiger partial charge in [-0.2, -0.15) is 13.2 Å². The molecule has 0 N–H and O–H groups in total. The summed E-state index contributed by atoms with van der Waals surface area (Å²) in [5.41, 5.74) is -2.59. The minimum absolute atomic E-state index is 0.0776. The predicted octanol–water partition coefficient (Wildman–Crippen LogP) is 4.34. The van der Waals surface area contributed by atoms with E-state index in [9.17, 15) is 18.0 Å². The average Bonchev–Trinajstić information content (AvgIpc) is 3.01. The summed E-state index contributed by atoms with van der Waals surface area (Å²) in [4.78, 5) is 19.7. The van der Waals surface area contributed by atoms with E-state index in [2.05, 4.69) is 9.98 Å². The van der Waals surface area contributed by atoms with Crippen molar-refractivity contribution < 1.29 is 22.7 Å². The fraction of sp³-hybridized carbons (Fsp3) is 0.188. The monoisotopic (exact) mass is 386 g/mol. The zero-order chi connectivity index (χ0) is 18.1. The number of esters is 1. The molecule has 9 heteroatoms. The van der Waals surface area contributed by atoms with E-state index in [0.717, 1.165) is 11.8 Å². The van der Waals surface area contributed by atoms with E-state index < -0.39 is 23.6 Å². The topological polar surface area (TPSA) is 51.5 Å². The Morgan fingerprint density at radius 2 is 2.08 bits per heavy atom. The number of aliphatic imine (C=N–C) groups is 1. The van der Waals surface area contributed by atoms with Crippen molar-refractivity contribution in [3.63, 3.8) is 0 Å². The summed E-state index contributed by atoms with van der Waals surface area (Å²) in [6.45, 7) is 0.